The number of H-pyrrole nitrogens is 1. The number of benzene rings is 3. The van der Waals surface area contributed by atoms with E-state index in [0.29, 0.717) is 22.2 Å². The second-order valence-corrected chi connectivity index (χ2v) is 9.90. The number of carbonyl (C=O) groups is 2. The van der Waals surface area contributed by atoms with Crippen molar-refractivity contribution >= 4 is 38.8 Å². The van der Waals surface area contributed by atoms with E-state index >= 15 is 0 Å². The fourth-order valence-electron chi connectivity index (χ4n) is 3.81. The molecule has 13 nitrogen and oxygen atoms in total. The summed E-state index contributed by atoms with van der Waals surface area (Å²) in [6.45, 7) is -0.601. The number of phenolic OH excluding ortho intramolecular Hbond substituents is 2. The van der Waals surface area contributed by atoms with E-state index in [9.17, 15) is 28.2 Å². The van der Waals surface area contributed by atoms with Gasteiger partial charge in [0.05, 0.1) is 27.9 Å². The monoisotopic (exact) mass is 538 g/mol. The molecule has 3 aromatic carbocycles. The molecule has 1 heterocycles. The Morgan fingerprint density at radius 2 is 1.74 bits per heavy atom. The maximum atomic E-state index is 12.4. The van der Waals surface area contributed by atoms with E-state index in [0.717, 1.165) is 18.2 Å². The molecule has 4 aromatic rings. The number of aromatic nitrogens is 2. The summed E-state index contributed by atoms with van der Waals surface area (Å²) in [6.07, 6.45) is -0.308. The molecule has 14 heteroatoms. The molecule has 196 valence electrons. The number of fused-ring (bicyclic) bond motifs is 1. The van der Waals surface area contributed by atoms with E-state index in [1.54, 1.807) is 18.2 Å². The molecule has 0 spiro atoms. The van der Waals surface area contributed by atoms with Crippen LogP contribution in [0.15, 0.2) is 53.4 Å². The molecule has 0 bridgehead atoms. The van der Waals surface area contributed by atoms with Crippen molar-refractivity contribution in [3.8, 4) is 34.0 Å². The summed E-state index contributed by atoms with van der Waals surface area (Å²) in [5.74, 6) is -2.64. The first kappa shape index (κ1) is 26.1. The highest BCUT2D eigenvalue weighted by Gasteiger charge is 2.21. The van der Waals surface area contributed by atoms with Crippen LogP contribution in [0.1, 0.15) is 11.1 Å². The molecule has 0 radical (unpaired) electrons. The lowest BCUT2D eigenvalue weighted by atomic mass is 9.95. The van der Waals surface area contributed by atoms with E-state index in [2.05, 4.69) is 15.3 Å². The lowest BCUT2D eigenvalue weighted by Crippen LogP contribution is -2.30. The third kappa shape index (κ3) is 5.40. The van der Waals surface area contributed by atoms with Gasteiger partial charge in [-0.15, -0.1) is 0 Å². The number of nitrogen functional groups attached to an aromatic ring is 1. The van der Waals surface area contributed by atoms with Crippen molar-refractivity contribution in [1.82, 2.24) is 15.3 Å². The van der Waals surface area contributed by atoms with Gasteiger partial charge in [0, 0.05) is 16.7 Å². The molecule has 1 aromatic heterocycles. The van der Waals surface area contributed by atoms with Gasteiger partial charge in [-0.25, -0.2) is 18.5 Å². The first-order chi connectivity index (χ1) is 17.8. The Morgan fingerprint density at radius 1 is 1.03 bits per heavy atom. The zero-order chi connectivity index (χ0) is 27.8. The molecular weight excluding hydrogens is 516 g/mol. The Labute approximate surface area is 215 Å². The number of primary sulfonamides is 1. The zero-order valence-corrected chi connectivity index (χ0v) is 20.3. The smallest absolute Gasteiger partial charge is 0.322 e. The Bertz CT molecular complexity index is 1730. The van der Waals surface area contributed by atoms with Crippen LogP contribution in [0.2, 0.25) is 0 Å². The number of carbonyl (C=O) groups excluding carboxylic acids is 1. The second kappa shape index (κ2) is 9.84. The lowest BCUT2D eigenvalue weighted by Gasteiger charge is -2.14. The third-order valence-electron chi connectivity index (χ3n) is 5.61. The maximum Gasteiger partial charge on any atom is 0.322 e. The van der Waals surface area contributed by atoms with Crippen molar-refractivity contribution in [2.24, 2.45) is 10.9 Å². The van der Waals surface area contributed by atoms with Crippen LogP contribution in [0.25, 0.3) is 33.5 Å². The van der Waals surface area contributed by atoms with Gasteiger partial charge < -0.3 is 31.4 Å². The van der Waals surface area contributed by atoms with E-state index < -0.39 is 34.2 Å². The Balaban J connectivity index is 1.91. The molecule has 0 saturated carbocycles. The number of carboxylic acid groups (broad SMARTS) is 1. The largest absolute Gasteiger partial charge is 0.507 e. The molecule has 0 aliphatic carbocycles. The summed E-state index contributed by atoms with van der Waals surface area (Å²) in [4.78, 5) is 30.3. The van der Waals surface area contributed by atoms with Gasteiger partial charge in [0.25, 0.3) is 0 Å². The van der Waals surface area contributed by atoms with Crippen molar-refractivity contribution in [1.29, 1.82) is 5.41 Å². The number of phenols is 2. The van der Waals surface area contributed by atoms with Gasteiger partial charge in [-0.05, 0) is 54.1 Å². The molecule has 0 saturated heterocycles. The summed E-state index contributed by atoms with van der Waals surface area (Å²) in [5, 5.41) is 45.7. The van der Waals surface area contributed by atoms with Crippen molar-refractivity contribution in [3.05, 3.63) is 59.7 Å². The maximum absolute atomic E-state index is 12.4. The van der Waals surface area contributed by atoms with E-state index in [-0.39, 0.29) is 45.4 Å². The van der Waals surface area contributed by atoms with Crippen LogP contribution in [0.3, 0.4) is 0 Å². The van der Waals surface area contributed by atoms with Crippen LogP contribution in [0, 0.1) is 5.41 Å². The number of amides is 1. The lowest BCUT2D eigenvalue weighted by molar-refractivity contribution is -0.137. The van der Waals surface area contributed by atoms with Crippen molar-refractivity contribution < 1.29 is 33.3 Å². The fraction of sp³-hybridized carbons (Fsp3) is 0.0833. The standard InChI is InChI=1S/C24H22N6O7S/c25-23(26)12-1-3-17-18(8-12)30-24(29-17)16-6-11(7-20(32)28-10-21(33)34)5-15(22(16)35)14-9-13(38(27,36)37)2-4-19(14)31/h1-6,8-9,31,35H,7,10H2,(H3,25,26)(H,28,32)(H,29,30)(H,33,34)(H2,27,36,37). The van der Waals surface area contributed by atoms with E-state index in [1.807, 2.05) is 0 Å². The van der Waals surface area contributed by atoms with E-state index in [1.165, 1.54) is 12.1 Å². The number of nitrogens with one attached hydrogen (secondary N) is 3. The molecule has 4 rings (SSSR count). The number of hydrogen-bond donors (Lipinski definition) is 8. The van der Waals surface area contributed by atoms with E-state index in [4.69, 9.17) is 21.4 Å². The summed E-state index contributed by atoms with van der Waals surface area (Å²) < 4.78 is 23.8. The highest BCUT2D eigenvalue weighted by molar-refractivity contribution is 7.89. The fourth-order valence-corrected chi connectivity index (χ4v) is 4.35. The van der Waals surface area contributed by atoms with Gasteiger partial charge in [-0.2, -0.15) is 0 Å². The third-order valence-corrected chi connectivity index (χ3v) is 6.52. The van der Waals surface area contributed by atoms with Gasteiger partial charge in [0.15, 0.2) is 0 Å². The molecule has 38 heavy (non-hydrogen) atoms. The minimum atomic E-state index is -4.16. The number of aromatic amines is 1. The SMILES string of the molecule is N=C(N)c1ccc2[nH]c(-c3cc(CC(=O)NCC(=O)O)cc(-c4cc(S(N)(=O)=O)ccc4O)c3O)nc2c1. The number of imidazole rings is 1. The summed E-state index contributed by atoms with van der Waals surface area (Å²) in [6, 6.07) is 10.9. The number of nitrogens with zero attached hydrogens (tertiary/aromatic N) is 1. The number of hydrogen-bond acceptors (Lipinski definition) is 8. The molecule has 0 atom stereocenters. The zero-order valence-electron chi connectivity index (χ0n) is 19.5. The van der Waals surface area contributed by atoms with Crippen LogP contribution in [0.5, 0.6) is 11.5 Å². The predicted molar refractivity (Wildman–Crippen MR) is 137 cm³/mol. The van der Waals surface area contributed by atoms with Crippen LogP contribution < -0.4 is 16.2 Å². The van der Waals surface area contributed by atoms with Gasteiger partial charge >= 0.3 is 5.97 Å². The van der Waals surface area contributed by atoms with Crippen LogP contribution >= 0.6 is 0 Å². The normalized spacial score (nSPS) is 11.4. The molecule has 0 aliphatic rings. The number of rotatable bonds is 8. The van der Waals surface area contributed by atoms with Crippen LogP contribution in [-0.2, 0) is 26.0 Å². The first-order valence-corrected chi connectivity index (χ1v) is 12.4. The highest BCUT2D eigenvalue weighted by Crippen LogP contribution is 2.42. The summed E-state index contributed by atoms with van der Waals surface area (Å²) in [7, 11) is -4.16. The van der Waals surface area contributed by atoms with Gasteiger partial charge in [0.1, 0.15) is 29.7 Å². The molecule has 10 N–H and O–H groups in total. The number of nitrogens with two attached hydrogens (primary N) is 2. The second-order valence-electron chi connectivity index (χ2n) is 8.34. The molecule has 0 aliphatic heterocycles. The number of aromatic hydroxyl groups is 2. The minimum absolute atomic E-state index is 0.0311. The quantitative estimate of drug-likeness (QED) is 0.117. The Hall–Kier alpha value is -4.95. The van der Waals surface area contributed by atoms with Crippen molar-refractivity contribution in [3.63, 3.8) is 0 Å². The van der Waals surface area contributed by atoms with Gasteiger partial charge in [0.2, 0.25) is 15.9 Å². The summed E-state index contributed by atoms with van der Waals surface area (Å²) >= 11 is 0. The number of aliphatic carboxylic acids is 1. The molecule has 1 amide bonds. The Morgan fingerprint density at radius 3 is 2.39 bits per heavy atom. The number of carboxylic acids is 1. The highest BCUT2D eigenvalue weighted by atomic mass is 32.2. The van der Waals surface area contributed by atoms with Crippen LogP contribution in [-0.4, -0.2) is 58.0 Å². The number of amidine groups is 1. The Kier molecular flexibility index (Phi) is 6.76. The molecule has 0 unspecified atom stereocenters. The first-order valence-electron chi connectivity index (χ1n) is 10.9. The van der Waals surface area contributed by atoms with Gasteiger partial charge in [-0.1, -0.05) is 0 Å². The predicted octanol–water partition coefficient (Wildman–Crippen LogP) is 0.983. The molecule has 0 fully saturated rings. The average molecular weight is 539 g/mol. The summed E-state index contributed by atoms with van der Waals surface area (Å²) in [5.41, 5.74) is 7.23. The topological polar surface area (TPSA) is 246 Å². The average Bonchev–Trinajstić information content (AvgIpc) is 3.26. The van der Waals surface area contributed by atoms with Crippen LogP contribution in [0.4, 0.5) is 0 Å². The van der Waals surface area contributed by atoms with Gasteiger partial charge in [-0.3, -0.25) is 15.0 Å². The minimum Gasteiger partial charge on any atom is -0.507 e. The molecular formula is C24H22N6O7S. The van der Waals surface area contributed by atoms with Crippen molar-refractivity contribution in [2.45, 2.75) is 11.3 Å². The van der Waals surface area contributed by atoms with Crippen molar-refractivity contribution in [2.75, 3.05) is 6.54 Å². The number of sulfonamides is 1.